The third-order valence-electron chi connectivity index (χ3n) is 6.29. The maximum absolute atomic E-state index is 14.7. The van der Waals surface area contributed by atoms with E-state index in [1.165, 1.54) is 31.7 Å². The predicted molar refractivity (Wildman–Crippen MR) is 127 cm³/mol. The minimum atomic E-state index is -0.665. The number of fused-ring (bicyclic) bond motifs is 1. The first kappa shape index (κ1) is 27.6. The second kappa shape index (κ2) is 13.8. The fourth-order valence-electron chi connectivity index (χ4n) is 4.82. The van der Waals surface area contributed by atoms with Crippen molar-refractivity contribution in [3.05, 3.63) is 34.6 Å². The van der Waals surface area contributed by atoms with Gasteiger partial charge in [0.05, 0.1) is 0 Å². The van der Waals surface area contributed by atoms with Crippen molar-refractivity contribution in [2.75, 3.05) is 13.1 Å². The smallest absolute Gasteiger partial charge is 0.274 e. The second-order valence-corrected chi connectivity index (χ2v) is 9.61. The van der Waals surface area contributed by atoms with E-state index in [-0.39, 0.29) is 11.4 Å². The highest BCUT2D eigenvalue weighted by Crippen LogP contribution is 2.29. The van der Waals surface area contributed by atoms with Crippen LogP contribution >= 0.6 is 0 Å². The van der Waals surface area contributed by atoms with Crippen LogP contribution in [0.3, 0.4) is 0 Å². The van der Waals surface area contributed by atoms with E-state index in [1.54, 1.807) is 11.5 Å². The lowest BCUT2D eigenvalue weighted by molar-refractivity contribution is 0.0705. The highest BCUT2D eigenvalue weighted by molar-refractivity contribution is 5.93. The second-order valence-electron chi connectivity index (χ2n) is 9.61. The molecule has 4 nitrogen and oxygen atoms in total. The molecule has 1 aliphatic rings. The van der Waals surface area contributed by atoms with Crippen LogP contribution < -0.4 is 5.48 Å². The number of halogens is 1. The standard InChI is InChI=1S/C24H39FN2O2.C2H6/c1-6-17(4)10-18(5)11-19(9-16(2)3)14-27-8-7-20-12-21(24(28)26-29)13-23(25)22(20)15-27;1-2/h12-13,16-19,29H,6-11,14-15H2,1-5H3,(H,26,28);1-2H3/t17?,18-,19?;/m0./s1. The number of amides is 1. The summed E-state index contributed by atoms with van der Waals surface area (Å²) >= 11 is 0. The molecule has 2 unspecified atom stereocenters. The number of rotatable bonds is 10. The van der Waals surface area contributed by atoms with Crippen LogP contribution in [0.15, 0.2) is 12.1 Å². The molecule has 1 amide bonds. The number of hydroxylamine groups is 1. The normalized spacial score (nSPS) is 16.7. The molecule has 1 aliphatic heterocycles. The molecular formula is C26H45FN2O2. The molecule has 178 valence electrons. The Balaban J connectivity index is 0.00000233. The summed E-state index contributed by atoms with van der Waals surface area (Å²) in [6.07, 6.45) is 5.67. The van der Waals surface area contributed by atoms with Crippen LogP contribution in [0, 0.1) is 29.5 Å². The summed E-state index contributed by atoms with van der Waals surface area (Å²) in [5, 5.41) is 8.81. The van der Waals surface area contributed by atoms with Gasteiger partial charge in [0.25, 0.3) is 5.91 Å². The van der Waals surface area contributed by atoms with Gasteiger partial charge in [-0.2, -0.15) is 0 Å². The average Bonchev–Trinajstić information content (AvgIpc) is 2.74. The molecule has 5 heteroatoms. The molecule has 2 N–H and O–H groups in total. The van der Waals surface area contributed by atoms with Crippen LogP contribution in [0.25, 0.3) is 0 Å². The summed E-state index contributed by atoms with van der Waals surface area (Å²) in [6, 6.07) is 2.94. The van der Waals surface area contributed by atoms with Gasteiger partial charge >= 0.3 is 0 Å². The quantitative estimate of drug-likeness (QED) is 0.327. The fraction of sp³-hybridized carbons (Fsp3) is 0.731. The van der Waals surface area contributed by atoms with Gasteiger partial charge in [-0.1, -0.05) is 54.9 Å². The van der Waals surface area contributed by atoms with Crippen molar-refractivity contribution in [1.82, 2.24) is 10.4 Å². The topological polar surface area (TPSA) is 52.6 Å². The van der Waals surface area contributed by atoms with E-state index in [4.69, 9.17) is 5.21 Å². The van der Waals surface area contributed by atoms with Crippen molar-refractivity contribution in [1.29, 1.82) is 0 Å². The average molecular weight is 437 g/mol. The molecule has 1 heterocycles. The molecule has 0 saturated carbocycles. The Bertz CT molecular complexity index is 678. The Morgan fingerprint density at radius 1 is 1.13 bits per heavy atom. The van der Waals surface area contributed by atoms with Gasteiger partial charge in [-0.15, -0.1) is 0 Å². The van der Waals surface area contributed by atoms with Crippen molar-refractivity contribution < 1.29 is 14.4 Å². The van der Waals surface area contributed by atoms with E-state index in [2.05, 4.69) is 39.5 Å². The molecule has 1 aromatic rings. The molecule has 0 spiro atoms. The molecule has 0 saturated heterocycles. The molecular weight excluding hydrogens is 391 g/mol. The van der Waals surface area contributed by atoms with Gasteiger partial charge in [0, 0.05) is 30.8 Å². The molecule has 0 radical (unpaired) electrons. The first-order chi connectivity index (χ1) is 14.7. The number of nitrogens with one attached hydrogen (secondary N) is 1. The Hall–Kier alpha value is -1.46. The molecule has 0 fully saturated rings. The molecule has 0 bridgehead atoms. The van der Waals surface area contributed by atoms with E-state index in [1.807, 2.05) is 13.8 Å². The maximum Gasteiger partial charge on any atom is 0.274 e. The Kier molecular flexibility index (Phi) is 12.3. The highest BCUT2D eigenvalue weighted by atomic mass is 19.1. The van der Waals surface area contributed by atoms with Gasteiger partial charge in [0.1, 0.15) is 5.82 Å². The Morgan fingerprint density at radius 2 is 1.81 bits per heavy atom. The zero-order chi connectivity index (χ0) is 23.6. The summed E-state index contributed by atoms with van der Waals surface area (Å²) in [5.74, 6) is 1.74. The molecule has 3 atom stereocenters. The van der Waals surface area contributed by atoms with E-state index < -0.39 is 5.91 Å². The van der Waals surface area contributed by atoms with Crippen molar-refractivity contribution >= 4 is 5.91 Å². The van der Waals surface area contributed by atoms with Gasteiger partial charge in [0.2, 0.25) is 0 Å². The van der Waals surface area contributed by atoms with Crippen LogP contribution in [-0.2, 0) is 13.0 Å². The van der Waals surface area contributed by atoms with E-state index in [0.29, 0.717) is 29.9 Å². The minimum Gasteiger partial charge on any atom is -0.298 e. The number of hydrogen-bond acceptors (Lipinski definition) is 3. The van der Waals surface area contributed by atoms with Gasteiger partial charge in [-0.05, 0) is 67.1 Å². The monoisotopic (exact) mass is 436 g/mol. The summed E-state index contributed by atoms with van der Waals surface area (Å²) in [5.41, 5.74) is 3.34. The predicted octanol–water partition coefficient (Wildman–Crippen LogP) is 6.45. The number of carbonyl (C=O) groups is 1. The summed E-state index contributed by atoms with van der Waals surface area (Å²) in [7, 11) is 0. The lowest BCUT2D eigenvalue weighted by Crippen LogP contribution is -2.36. The van der Waals surface area contributed by atoms with Crippen molar-refractivity contribution in [2.45, 2.75) is 87.1 Å². The van der Waals surface area contributed by atoms with Crippen LogP contribution in [0.2, 0.25) is 0 Å². The lowest BCUT2D eigenvalue weighted by atomic mass is 9.83. The highest BCUT2D eigenvalue weighted by Gasteiger charge is 2.25. The molecule has 0 aliphatic carbocycles. The molecule has 2 rings (SSSR count). The SMILES string of the molecule is CC.CCC(C)C[C@H](C)CC(CC(C)C)CN1CCc2cc(C(=O)NO)cc(F)c2C1. The van der Waals surface area contributed by atoms with E-state index >= 15 is 0 Å². The van der Waals surface area contributed by atoms with Gasteiger partial charge in [-0.25, -0.2) is 9.87 Å². The molecule has 31 heavy (non-hydrogen) atoms. The summed E-state index contributed by atoms with van der Waals surface area (Å²) in [6.45, 7) is 18.0. The maximum atomic E-state index is 14.7. The van der Waals surface area contributed by atoms with Crippen molar-refractivity contribution in [3.63, 3.8) is 0 Å². The number of benzene rings is 1. The minimum absolute atomic E-state index is 0.175. The third kappa shape index (κ3) is 8.89. The molecule has 1 aromatic carbocycles. The van der Waals surface area contributed by atoms with Crippen molar-refractivity contribution in [2.24, 2.45) is 23.7 Å². The zero-order valence-electron chi connectivity index (χ0n) is 20.8. The van der Waals surface area contributed by atoms with Crippen LogP contribution in [-0.4, -0.2) is 29.1 Å². The fourth-order valence-corrected chi connectivity index (χ4v) is 4.82. The Labute approximate surface area is 189 Å². The van der Waals surface area contributed by atoms with Gasteiger partial charge in [0.15, 0.2) is 0 Å². The van der Waals surface area contributed by atoms with E-state index in [9.17, 15) is 9.18 Å². The first-order valence-electron chi connectivity index (χ1n) is 12.2. The lowest BCUT2D eigenvalue weighted by Gasteiger charge is -2.34. The first-order valence-corrected chi connectivity index (χ1v) is 12.2. The zero-order valence-corrected chi connectivity index (χ0v) is 20.8. The number of carbonyl (C=O) groups excluding carboxylic acids is 1. The van der Waals surface area contributed by atoms with Crippen LogP contribution in [0.5, 0.6) is 0 Å². The third-order valence-corrected chi connectivity index (χ3v) is 6.29. The summed E-state index contributed by atoms with van der Waals surface area (Å²) < 4.78 is 14.7. The number of nitrogens with zero attached hydrogens (tertiary/aromatic N) is 1. The van der Waals surface area contributed by atoms with Crippen LogP contribution in [0.1, 0.15) is 95.6 Å². The molecule has 0 aromatic heterocycles. The Morgan fingerprint density at radius 3 is 2.39 bits per heavy atom. The largest absolute Gasteiger partial charge is 0.298 e. The summed E-state index contributed by atoms with van der Waals surface area (Å²) in [4.78, 5) is 14.0. The van der Waals surface area contributed by atoms with Crippen molar-refractivity contribution in [3.8, 4) is 0 Å². The number of hydrogen-bond donors (Lipinski definition) is 2. The van der Waals surface area contributed by atoms with Gasteiger partial charge < -0.3 is 0 Å². The van der Waals surface area contributed by atoms with E-state index in [0.717, 1.165) is 31.0 Å². The van der Waals surface area contributed by atoms with Crippen LogP contribution in [0.4, 0.5) is 4.39 Å². The van der Waals surface area contributed by atoms with Gasteiger partial charge in [-0.3, -0.25) is 14.9 Å².